The molecule has 1 atom stereocenters. The number of carbonyl (C=O) groups excluding carboxylic acids is 1. The van der Waals surface area contributed by atoms with Gasteiger partial charge in [-0.25, -0.2) is 14.0 Å². The summed E-state index contributed by atoms with van der Waals surface area (Å²) >= 11 is 7.11. The number of ether oxygens (including phenoxy) is 3. The maximum atomic E-state index is 13.8. The van der Waals surface area contributed by atoms with Gasteiger partial charge in [0, 0.05) is 54.9 Å². The van der Waals surface area contributed by atoms with Crippen LogP contribution in [-0.4, -0.2) is 69.3 Å². The summed E-state index contributed by atoms with van der Waals surface area (Å²) in [6, 6.07) is 13.3. The molecule has 3 aromatic carbocycles. The average molecular weight is 761 g/mol. The minimum Gasteiger partial charge on any atom is -0.493 e. The zero-order valence-corrected chi connectivity index (χ0v) is 32.7. The van der Waals surface area contributed by atoms with Crippen molar-refractivity contribution in [2.45, 2.75) is 84.3 Å². The number of aromatic amines is 1. The molecule has 1 aliphatic rings. The largest absolute Gasteiger partial charge is 0.493 e. The highest BCUT2D eigenvalue weighted by atomic mass is 35.5. The molecule has 0 saturated carbocycles. The van der Waals surface area contributed by atoms with Gasteiger partial charge in [-0.05, 0) is 113 Å². The lowest BCUT2D eigenvalue weighted by molar-refractivity contribution is 0.0187. The second kappa shape index (κ2) is 16.4. The highest BCUT2D eigenvalue weighted by molar-refractivity contribution is 6.35. The molecular formula is C42H50ClFN4O6. The van der Waals surface area contributed by atoms with E-state index in [0.29, 0.717) is 71.3 Å². The van der Waals surface area contributed by atoms with Gasteiger partial charge in [-0.3, -0.25) is 4.68 Å². The summed E-state index contributed by atoms with van der Waals surface area (Å²) in [6.45, 7) is 9.35. The zero-order chi connectivity index (χ0) is 38.7. The van der Waals surface area contributed by atoms with Crippen LogP contribution >= 0.6 is 11.6 Å². The first kappa shape index (κ1) is 39.1. The molecule has 2 N–H and O–H groups in total. The van der Waals surface area contributed by atoms with Gasteiger partial charge in [0.05, 0.1) is 28.9 Å². The summed E-state index contributed by atoms with van der Waals surface area (Å²) in [6.07, 6.45) is 4.53. The number of hydrogen-bond donors (Lipinski definition) is 2. The van der Waals surface area contributed by atoms with Crippen LogP contribution in [0.3, 0.4) is 0 Å². The number of carboxylic acid groups (broad SMARTS) is 1. The summed E-state index contributed by atoms with van der Waals surface area (Å²) in [5.74, 6) is -0.307. The topological polar surface area (TPSA) is 119 Å². The van der Waals surface area contributed by atoms with E-state index in [0.717, 1.165) is 59.9 Å². The van der Waals surface area contributed by atoms with Crippen molar-refractivity contribution < 1.29 is 33.3 Å². The van der Waals surface area contributed by atoms with E-state index < -0.39 is 23.7 Å². The molecule has 10 nitrogen and oxygen atoms in total. The van der Waals surface area contributed by atoms with E-state index in [1.165, 1.54) is 12.1 Å². The third kappa shape index (κ3) is 8.37. The Labute approximate surface area is 320 Å². The molecule has 54 heavy (non-hydrogen) atoms. The van der Waals surface area contributed by atoms with Gasteiger partial charge in [0.15, 0.2) is 0 Å². The van der Waals surface area contributed by atoms with Gasteiger partial charge in [0.2, 0.25) is 0 Å². The van der Waals surface area contributed by atoms with Gasteiger partial charge in [-0.15, -0.1) is 0 Å². The molecule has 0 aliphatic carbocycles. The lowest BCUT2D eigenvalue weighted by atomic mass is 9.89. The van der Waals surface area contributed by atoms with Gasteiger partial charge >= 0.3 is 12.1 Å². The predicted molar refractivity (Wildman–Crippen MR) is 209 cm³/mol. The number of H-pyrrole nitrogens is 1. The van der Waals surface area contributed by atoms with Crippen molar-refractivity contribution in [3.63, 3.8) is 0 Å². The number of nitrogens with zero attached hydrogens (tertiary/aromatic N) is 3. The van der Waals surface area contributed by atoms with E-state index >= 15 is 0 Å². The van der Waals surface area contributed by atoms with Crippen LogP contribution in [0.5, 0.6) is 5.75 Å². The summed E-state index contributed by atoms with van der Waals surface area (Å²) in [7, 11) is 3.64. The number of hydrogen-bond acceptors (Lipinski definition) is 6. The van der Waals surface area contributed by atoms with Crippen molar-refractivity contribution in [2.24, 2.45) is 13.0 Å². The Bertz CT molecular complexity index is 2150. The van der Waals surface area contributed by atoms with Crippen LogP contribution in [0.4, 0.5) is 9.18 Å². The number of fused-ring (bicyclic) bond motifs is 2. The fraction of sp³-hybridized carbons (Fsp3) is 0.452. The van der Waals surface area contributed by atoms with Crippen molar-refractivity contribution in [3.05, 3.63) is 82.0 Å². The molecule has 0 radical (unpaired) electrons. The van der Waals surface area contributed by atoms with Crippen LogP contribution in [0.1, 0.15) is 93.3 Å². The molecule has 1 unspecified atom stereocenters. The molecule has 0 spiro atoms. The quantitative estimate of drug-likeness (QED) is 0.115. The SMILES string of the molecule is CCc1c(-c2c(Cl)ccc3c(CCCOc4cccc5cc(F)ccc45)c(C(=O)O)[nH]c23)c(C(CCC2CCOCC2)N(C)C(=O)OC(C)(C)C)nn1C. The minimum absolute atomic E-state index is 0.0829. The summed E-state index contributed by atoms with van der Waals surface area (Å²) < 4.78 is 33.3. The molecule has 0 bridgehead atoms. The van der Waals surface area contributed by atoms with Gasteiger partial charge in [-0.1, -0.05) is 36.7 Å². The monoisotopic (exact) mass is 760 g/mol. The third-order valence-corrected chi connectivity index (χ3v) is 10.6. The van der Waals surface area contributed by atoms with E-state index in [4.69, 9.17) is 30.9 Å². The van der Waals surface area contributed by atoms with E-state index in [2.05, 4.69) is 4.98 Å². The Balaban J connectivity index is 1.38. The minimum atomic E-state index is -1.08. The molecule has 288 valence electrons. The second-order valence-corrected chi connectivity index (χ2v) is 15.5. The van der Waals surface area contributed by atoms with Crippen LogP contribution in [0.2, 0.25) is 5.02 Å². The number of aromatic carboxylic acids is 1. The van der Waals surface area contributed by atoms with Gasteiger partial charge in [-0.2, -0.15) is 5.10 Å². The highest BCUT2D eigenvalue weighted by Gasteiger charge is 2.34. The normalized spacial score (nSPS) is 14.4. The van der Waals surface area contributed by atoms with Crippen LogP contribution in [0, 0.1) is 11.7 Å². The summed E-state index contributed by atoms with van der Waals surface area (Å²) in [5.41, 5.74) is 3.65. The average Bonchev–Trinajstić information content (AvgIpc) is 3.66. The first-order valence-electron chi connectivity index (χ1n) is 18.7. The second-order valence-electron chi connectivity index (χ2n) is 15.1. The van der Waals surface area contributed by atoms with Crippen molar-refractivity contribution in [2.75, 3.05) is 26.9 Å². The molecule has 1 aliphatic heterocycles. The van der Waals surface area contributed by atoms with Crippen LogP contribution in [-0.2, 0) is 29.4 Å². The summed E-state index contributed by atoms with van der Waals surface area (Å²) in [4.78, 5) is 31.3. The number of carbonyl (C=O) groups is 2. The number of nitrogens with one attached hydrogen (secondary N) is 1. The van der Waals surface area contributed by atoms with E-state index in [-0.39, 0.29) is 11.5 Å². The smallest absolute Gasteiger partial charge is 0.410 e. The number of aryl methyl sites for hydroxylation is 2. The first-order chi connectivity index (χ1) is 25.8. The lowest BCUT2D eigenvalue weighted by Crippen LogP contribution is -2.37. The maximum absolute atomic E-state index is 13.8. The molecular weight excluding hydrogens is 711 g/mol. The van der Waals surface area contributed by atoms with Gasteiger partial charge < -0.3 is 29.2 Å². The molecule has 2 aromatic heterocycles. The molecule has 1 saturated heterocycles. The maximum Gasteiger partial charge on any atom is 0.410 e. The van der Waals surface area contributed by atoms with E-state index in [9.17, 15) is 19.1 Å². The van der Waals surface area contributed by atoms with Crippen molar-refractivity contribution >= 4 is 45.3 Å². The van der Waals surface area contributed by atoms with Crippen LogP contribution in [0.15, 0.2) is 48.5 Å². The fourth-order valence-corrected chi connectivity index (χ4v) is 7.91. The first-order valence-corrected chi connectivity index (χ1v) is 19.1. The zero-order valence-electron chi connectivity index (χ0n) is 31.9. The molecule has 12 heteroatoms. The standard InChI is InChI=1S/C42H50ClFN4O6/c1-7-32-36(39(46-48(32)6)33(18-13-25-19-22-52-23-20-25)47(5)41(51)54-42(2,3)4)35-31(43)17-16-30-29(38(40(49)50)45-37(30)35)11-9-21-53-34-12-8-10-26-24-27(44)14-15-28(26)34/h8,10,12,14-17,24-25,33,45H,7,9,11,13,18-23H2,1-6H3,(H,49,50). The Morgan fingerprint density at radius 2 is 1.87 bits per heavy atom. The predicted octanol–water partition coefficient (Wildman–Crippen LogP) is 9.90. The number of rotatable bonds is 13. The highest BCUT2D eigenvalue weighted by Crippen LogP contribution is 2.44. The Morgan fingerprint density at radius 3 is 2.57 bits per heavy atom. The number of benzene rings is 3. The molecule has 1 amide bonds. The molecule has 5 aromatic rings. The Kier molecular flexibility index (Phi) is 11.9. The van der Waals surface area contributed by atoms with Crippen LogP contribution < -0.4 is 4.74 Å². The third-order valence-electron chi connectivity index (χ3n) is 10.3. The van der Waals surface area contributed by atoms with E-state index in [1.54, 1.807) is 24.1 Å². The lowest BCUT2D eigenvalue weighted by Gasteiger charge is -2.32. The number of amides is 1. The number of aromatic nitrogens is 3. The van der Waals surface area contributed by atoms with E-state index in [1.807, 2.05) is 63.7 Å². The molecule has 6 rings (SSSR count). The van der Waals surface area contributed by atoms with Crippen LogP contribution in [0.25, 0.3) is 32.8 Å². The van der Waals surface area contributed by atoms with Gasteiger partial charge in [0.1, 0.15) is 22.9 Å². The Hall–Kier alpha value is -4.61. The molecule has 1 fully saturated rings. The van der Waals surface area contributed by atoms with Crippen molar-refractivity contribution in [1.82, 2.24) is 19.7 Å². The number of carboxylic acids is 1. The van der Waals surface area contributed by atoms with Gasteiger partial charge in [0.25, 0.3) is 0 Å². The Morgan fingerprint density at radius 1 is 1.13 bits per heavy atom. The fourth-order valence-electron chi connectivity index (χ4n) is 7.66. The summed E-state index contributed by atoms with van der Waals surface area (Å²) in [5, 5.41) is 18.2. The van der Waals surface area contributed by atoms with Crippen molar-refractivity contribution in [1.29, 1.82) is 0 Å². The van der Waals surface area contributed by atoms with Crippen molar-refractivity contribution in [3.8, 4) is 16.9 Å². The molecule has 3 heterocycles. The number of halogens is 2.